The minimum absolute atomic E-state index is 0.0326. The molecule has 94 valence electrons. The van der Waals surface area contributed by atoms with Crippen LogP contribution in [0.3, 0.4) is 0 Å². The Morgan fingerprint density at radius 3 is 2.06 bits per heavy atom. The monoisotopic (exact) mass is 243 g/mol. The highest BCUT2D eigenvalue weighted by Gasteiger charge is 1.99. The summed E-state index contributed by atoms with van der Waals surface area (Å²) >= 11 is 0. The Kier molecular flexibility index (Phi) is 4.20. The highest BCUT2D eigenvalue weighted by Crippen LogP contribution is 2.23. The fourth-order valence-electron chi connectivity index (χ4n) is 1.46. The smallest absolute Gasteiger partial charge is 0.127 e. The minimum Gasteiger partial charge on any atom is -0.492 e. The Balaban J connectivity index is 1.95. The van der Waals surface area contributed by atoms with Gasteiger partial charge in [0.2, 0.25) is 0 Å². The predicted molar refractivity (Wildman–Crippen MR) is 72.1 cm³/mol. The Hall–Kier alpha value is -2.00. The highest BCUT2D eigenvalue weighted by atomic mass is 16.5. The van der Waals surface area contributed by atoms with E-state index in [2.05, 4.69) is 0 Å². The molecule has 0 amide bonds. The van der Waals surface area contributed by atoms with E-state index >= 15 is 0 Å². The van der Waals surface area contributed by atoms with E-state index in [1.165, 1.54) is 0 Å². The van der Waals surface area contributed by atoms with Crippen molar-refractivity contribution >= 4 is 0 Å². The number of ether oxygens (including phenoxy) is 2. The third-order valence-electron chi connectivity index (χ3n) is 2.32. The average Bonchev–Trinajstić information content (AvgIpc) is 2.39. The van der Waals surface area contributed by atoms with Crippen molar-refractivity contribution in [3.05, 3.63) is 54.6 Å². The molecule has 0 aliphatic carbocycles. The second-order valence-electron chi connectivity index (χ2n) is 4.17. The molecule has 0 saturated carbocycles. The molecule has 0 aliphatic heterocycles. The lowest BCUT2D eigenvalue weighted by atomic mass is 10.3. The van der Waals surface area contributed by atoms with Crippen LogP contribution in [-0.4, -0.2) is 12.6 Å². The van der Waals surface area contributed by atoms with Crippen LogP contribution >= 0.6 is 0 Å². The van der Waals surface area contributed by atoms with Crippen molar-refractivity contribution in [2.75, 3.05) is 6.61 Å². The van der Waals surface area contributed by atoms with Gasteiger partial charge in [-0.05, 0) is 43.3 Å². The van der Waals surface area contributed by atoms with Gasteiger partial charge >= 0.3 is 0 Å². The Morgan fingerprint density at radius 1 is 0.889 bits per heavy atom. The number of para-hydroxylation sites is 1. The summed E-state index contributed by atoms with van der Waals surface area (Å²) in [6.07, 6.45) is 0. The van der Waals surface area contributed by atoms with Gasteiger partial charge in [0.15, 0.2) is 0 Å². The molecule has 0 bridgehead atoms. The third kappa shape index (κ3) is 3.79. The van der Waals surface area contributed by atoms with Crippen LogP contribution in [0.25, 0.3) is 0 Å². The molecule has 1 atom stereocenters. The molecule has 18 heavy (non-hydrogen) atoms. The second-order valence-corrected chi connectivity index (χ2v) is 4.17. The zero-order valence-electron chi connectivity index (χ0n) is 10.4. The molecular formula is C15H17NO2. The summed E-state index contributed by atoms with van der Waals surface area (Å²) in [6, 6.07) is 17.2. The molecule has 0 fully saturated rings. The van der Waals surface area contributed by atoms with E-state index < -0.39 is 0 Å². The fraction of sp³-hybridized carbons (Fsp3) is 0.200. The molecule has 3 heteroatoms. The summed E-state index contributed by atoms with van der Waals surface area (Å²) < 4.78 is 11.2. The Bertz CT molecular complexity index is 466. The van der Waals surface area contributed by atoms with E-state index in [1.54, 1.807) is 0 Å². The van der Waals surface area contributed by atoms with E-state index in [-0.39, 0.29) is 6.04 Å². The van der Waals surface area contributed by atoms with Crippen LogP contribution in [0.1, 0.15) is 6.92 Å². The van der Waals surface area contributed by atoms with Crippen LogP contribution < -0.4 is 15.2 Å². The first-order chi connectivity index (χ1) is 8.74. The number of hydrogen-bond donors (Lipinski definition) is 1. The van der Waals surface area contributed by atoms with Gasteiger partial charge in [0.1, 0.15) is 23.9 Å². The Labute approximate surface area is 107 Å². The Morgan fingerprint density at radius 2 is 1.44 bits per heavy atom. The summed E-state index contributed by atoms with van der Waals surface area (Å²) in [5, 5.41) is 0. The van der Waals surface area contributed by atoms with Crippen LogP contribution in [-0.2, 0) is 0 Å². The lowest BCUT2D eigenvalue weighted by Gasteiger charge is -2.09. The predicted octanol–water partition coefficient (Wildman–Crippen LogP) is 3.20. The van der Waals surface area contributed by atoms with E-state index in [1.807, 2.05) is 61.5 Å². The van der Waals surface area contributed by atoms with E-state index in [0.29, 0.717) is 6.61 Å². The zero-order chi connectivity index (χ0) is 12.8. The van der Waals surface area contributed by atoms with Gasteiger partial charge in [-0.15, -0.1) is 0 Å². The van der Waals surface area contributed by atoms with E-state index in [4.69, 9.17) is 15.2 Å². The summed E-state index contributed by atoms with van der Waals surface area (Å²) in [5.41, 5.74) is 5.62. The standard InChI is InChI=1S/C15H17NO2/c1-12(16)11-17-13-7-9-15(10-8-13)18-14-5-3-2-4-6-14/h2-10,12H,11,16H2,1H3. The number of nitrogens with two attached hydrogens (primary N) is 1. The molecule has 0 spiro atoms. The van der Waals surface area contributed by atoms with Gasteiger partial charge in [-0.25, -0.2) is 0 Å². The SMILES string of the molecule is CC(N)COc1ccc(Oc2ccccc2)cc1. The third-order valence-corrected chi connectivity index (χ3v) is 2.32. The molecule has 2 rings (SSSR count). The maximum absolute atomic E-state index is 5.68. The van der Waals surface area contributed by atoms with Crippen molar-refractivity contribution in [2.24, 2.45) is 5.73 Å². The van der Waals surface area contributed by atoms with Crippen LogP contribution in [0.15, 0.2) is 54.6 Å². The lowest BCUT2D eigenvalue weighted by molar-refractivity contribution is 0.296. The first-order valence-corrected chi connectivity index (χ1v) is 5.95. The normalized spacial score (nSPS) is 11.9. The molecular weight excluding hydrogens is 226 g/mol. The summed E-state index contributed by atoms with van der Waals surface area (Å²) in [7, 11) is 0. The van der Waals surface area contributed by atoms with Crippen LogP contribution in [0, 0.1) is 0 Å². The molecule has 2 N–H and O–H groups in total. The quantitative estimate of drug-likeness (QED) is 0.877. The summed E-state index contributed by atoms with van der Waals surface area (Å²) in [6.45, 7) is 2.42. The molecule has 0 aromatic heterocycles. The van der Waals surface area contributed by atoms with Gasteiger partial charge in [0.25, 0.3) is 0 Å². The number of rotatable bonds is 5. The molecule has 0 aliphatic rings. The maximum Gasteiger partial charge on any atom is 0.127 e. The minimum atomic E-state index is 0.0326. The van der Waals surface area contributed by atoms with Gasteiger partial charge in [-0.2, -0.15) is 0 Å². The zero-order valence-corrected chi connectivity index (χ0v) is 10.4. The first kappa shape index (κ1) is 12.5. The first-order valence-electron chi connectivity index (χ1n) is 5.95. The van der Waals surface area contributed by atoms with Crippen molar-refractivity contribution in [2.45, 2.75) is 13.0 Å². The highest BCUT2D eigenvalue weighted by molar-refractivity contribution is 5.35. The molecule has 2 aromatic rings. The van der Waals surface area contributed by atoms with Crippen molar-refractivity contribution in [1.29, 1.82) is 0 Å². The maximum atomic E-state index is 5.68. The van der Waals surface area contributed by atoms with Gasteiger partial charge in [-0.3, -0.25) is 0 Å². The van der Waals surface area contributed by atoms with Crippen LogP contribution in [0.2, 0.25) is 0 Å². The molecule has 2 aromatic carbocycles. The van der Waals surface area contributed by atoms with Gasteiger partial charge in [0, 0.05) is 6.04 Å². The van der Waals surface area contributed by atoms with E-state index in [9.17, 15) is 0 Å². The topological polar surface area (TPSA) is 44.5 Å². The molecule has 0 saturated heterocycles. The van der Waals surface area contributed by atoms with Gasteiger partial charge in [0.05, 0.1) is 0 Å². The molecule has 0 radical (unpaired) electrons. The summed E-state index contributed by atoms with van der Waals surface area (Å²) in [5.74, 6) is 2.41. The fourth-order valence-corrected chi connectivity index (χ4v) is 1.46. The van der Waals surface area contributed by atoms with Crippen molar-refractivity contribution < 1.29 is 9.47 Å². The number of hydrogen-bond acceptors (Lipinski definition) is 3. The largest absolute Gasteiger partial charge is 0.492 e. The second kappa shape index (κ2) is 6.07. The van der Waals surface area contributed by atoms with Crippen molar-refractivity contribution in [3.8, 4) is 17.2 Å². The molecule has 3 nitrogen and oxygen atoms in total. The van der Waals surface area contributed by atoms with Gasteiger partial charge < -0.3 is 15.2 Å². The molecule has 1 unspecified atom stereocenters. The van der Waals surface area contributed by atoms with Crippen molar-refractivity contribution in [3.63, 3.8) is 0 Å². The average molecular weight is 243 g/mol. The number of benzene rings is 2. The van der Waals surface area contributed by atoms with Crippen LogP contribution in [0.4, 0.5) is 0 Å². The summed E-state index contributed by atoms with van der Waals surface area (Å²) in [4.78, 5) is 0. The van der Waals surface area contributed by atoms with Gasteiger partial charge in [-0.1, -0.05) is 18.2 Å². The van der Waals surface area contributed by atoms with Crippen LogP contribution in [0.5, 0.6) is 17.2 Å². The lowest BCUT2D eigenvalue weighted by Crippen LogP contribution is -2.23. The van der Waals surface area contributed by atoms with E-state index in [0.717, 1.165) is 17.2 Å². The molecule has 0 heterocycles. The van der Waals surface area contributed by atoms with Crippen molar-refractivity contribution in [1.82, 2.24) is 0 Å².